The second kappa shape index (κ2) is 10.9. The maximum absolute atomic E-state index is 13.1. The summed E-state index contributed by atoms with van der Waals surface area (Å²) in [6.07, 6.45) is 10.9. The average molecular weight is 489 g/mol. The fourth-order valence-electron chi connectivity index (χ4n) is 4.60. The van der Waals surface area contributed by atoms with E-state index >= 15 is 0 Å². The maximum atomic E-state index is 13.1. The number of nitrogens with one attached hydrogen (secondary N) is 2. The Kier molecular flexibility index (Phi) is 7.91. The van der Waals surface area contributed by atoms with Crippen molar-refractivity contribution < 1.29 is 9.59 Å². The number of thiophene rings is 1. The third kappa shape index (κ3) is 6.07. The highest BCUT2D eigenvalue weighted by molar-refractivity contribution is 7.16. The van der Waals surface area contributed by atoms with Crippen LogP contribution in [0.2, 0.25) is 5.02 Å². The lowest BCUT2D eigenvalue weighted by atomic mass is 9.97. The van der Waals surface area contributed by atoms with E-state index in [9.17, 15) is 9.59 Å². The first kappa shape index (κ1) is 24.0. The minimum absolute atomic E-state index is 0.0164. The number of rotatable bonds is 11. The van der Waals surface area contributed by atoms with E-state index in [1.165, 1.54) is 12.8 Å². The topological polar surface area (TPSA) is 74.3 Å². The number of pyridine rings is 1. The molecule has 0 aromatic carbocycles. The van der Waals surface area contributed by atoms with E-state index in [0.717, 1.165) is 66.2 Å². The lowest BCUT2D eigenvalue weighted by Gasteiger charge is -2.28. The number of carbonyl (C=O) groups is 2. The summed E-state index contributed by atoms with van der Waals surface area (Å²) in [6.45, 7) is 4.07. The molecule has 2 fully saturated rings. The zero-order valence-electron chi connectivity index (χ0n) is 19.4. The van der Waals surface area contributed by atoms with Crippen LogP contribution in [-0.4, -0.2) is 29.4 Å². The van der Waals surface area contributed by atoms with Crippen LogP contribution in [0.4, 0.5) is 10.7 Å². The third-order valence-electron chi connectivity index (χ3n) is 6.71. The van der Waals surface area contributed by atoms with Gasteiger partial charge in [-0.1, -0.05) is 44.2 Å². The molecule has 2 aliphatic rings. The number of hydrogen-bond donors (Lipinski definition) is 2. The molecule has 2 aromatic rings. The number of aromatic nitrogens is 1. The first-order chi connectivity index (χ1) is 16.0. The van der Waals surface area contributed by atoms with Gasteiger partial charge in [0.25, 0.3) is 0 Å². The molecule has 2 atom stereocenters. The van der Waals surface area contributed by atoms with Crippen LogP contribution in [0.1, 0.15) is 74.9 Å². The Labute approximate surface area is 205 Å². The smallest absolute Gasteiger partial charge is 0.243 e. The summed E-state index contributed by atoms with van der Waals surface area (Å²) in [5.74, 6) is 0.488. The summed E-state index contributed by atoms with van der Waals surface area (Å²) in [4.78, 5) is 32.5. The summed E-state index contributed by atoms with van der Waals surface area (Å²) >= 11 is 7.71. The van der Waals surface area contributed by atoms with Crippen molar-refractivity contribution in [2.45, 2.75) is 83.3 Å². The van der Waals surface area contributed by atoms with Crippen LogP contribution < -0.4 is 15.5 Å². The predicted molar refractivity (Wildman–Crippen MR) is 135 cm³/mol. The third-order valence-corrected chi connectivity index (χ3v) is 8.13. The van der Waals surface area contributed by atoms with Gasteiger partial charge in [0, 0.05) is 17.1 Å². The summed E-state index contributed by atoms with van der Waals surface area (Å²) in [5, 5.41) is 8.08. The Hall–Kier alpha value is -2.12. The molecule has 4 rings (SSSR count). The van der Waals surface area contributed by atoms with Gasteiger partial charge in [0.1, 0.15) is 6.04 Å². The Morgan fingerprint density at radius 1 is 1.30 bits per heavy atom. The Balaban J connectivity index is 1.53. The number of anilines is 2. The Morgan fingerprint density at radius 3 is 2.73 bits per heavy atom. The lowest BCUT2D eigenvalue weighted by molar-refractivity contribution is -0.124. The summed E-state index contributed by atoms with van der Waals surface area (Å²) < 4.78 is 0. The number of aryl methyl sites for hydroxylation is 1. The number of hydrogen-bond acceptors (Lipinski definition) is 5. The molecule has 6 nitrogen and oxygen atoms in total. The molecule has 0 saturated heterocycles. The zero-order valence-corrected chi connectivity index (χ0v) is 20.9. The highest BCUT2D eigenvalue weighted by Crippen LogP contribution is 2.37. The second-order valence-corrected chi connectivity index (χ2v) is 10.8. The van der Waals surface area contributed by atoms with Gasteiger partial charge in [-0.25, -0.2) is 0 Å². The molecule has 8 heteroatoms. The van der Waals surface area contributed by atoms with Gasteiger partial charge >= 0.3 is 0 Å². The number of nitrogens with zero attached hydrogens (tertiary/aromatic N) is 2. The molecule has 2 saturated carbocycles. The monoisotopic (exact) mass is 488 g/mol. The minimum atomic E-state index is -0.454. The number of carbonyl (C=O) groups excluding carboxylic acids is 2. The standard InChI is InChI=1S/C25H33ClN4O2S/c1-3-20(29-21-13-18(26)14-27-16(21)2)23-10-11-24(33-23)30(15-31)22(12-17-6-4-5-7-17)25(32)28-19-8-9-19/h10-11,13-15,17,19-20,22,29H,3-9,12H2,1-2H3,(H,28,32)/t20-,22+/m1/s1. The van der Waals surface area contributed by atoms with Gasteiger partial charge in [-0.15, -0.1) is 11.3 Å². The van der Waals surface area contributed by atoms with Crippen molar-refractivity contribution in [1.82, 2.24) is 10.3 Å². The molecule has 0 unspecified atom stereocenters. The minimum Gasteiger partial charge on any atom is -0.376 e. The summed E-state index contributed by atoms with van der Waals surface area (Å²) in [5.41, 5.74) is 1.79. The van der Waals surface area contributed by atoms with E-state index in [1.54, 1.807) is 22.4 Å². The van der Waals surface area contributed by atoms with Crippen molar-refractivity contribution in [1.29, 1.82) is 0 Å². The van der Waals surface area contributed by atoms with E-state index in [-0.39, 0.29) is 18.0 Å². The van der Waals surface area contributed by atoms with Gasteiger partial charge in [-0.3, -0.25) is 19.5 Å². The first-order valence-corrected chi connectivity index (χ1v) is 13.2. The molecule has 0 bridgehead atoms. The van der Waals surface area contributed by atoms with Crippen molar-refractivity contribution >= 4 is 45.9 Å². The van der Waals surface area contributed by atoms with Crippen molar-refractivity contribution in [2.24, 2.45) is 5.92 Å². The van der Waals surface area contributed by atoms with Crippen LogP contribution in [0, 0.1) is 12.8 Å². The molecule has 0 radical (unpaired) electrons. The molecular formula is C25H33ClN4O2S. The quantitative estimate of drug-likeness (QED) is 0.388. The molecule has 2 aromatic heterocycles. The SMILES string of the molecule is CC[C@@H](Nc1cc(Cl)cnc1C)c1ccc(N(C=O)[C@@H](CC2CCCC2)C(=O)NC2CC2)s1. The van der Waals surface area contributed by atoms with Crippen LogP contribution in [-0.2, 0) is 9.59 Å². The molecule has 2 heterocycles. The van der Waals surface area contributed by atoms with Crippen LogP contribution in [0.15, 0.2) is 24.4 Å². The number of halogens is 1. The van der Waals surface area contributed by atoms with Crippen molar-refractivity contribution in [3.05, 3.63) is 40.0 Å². The predicted octanol–water partition coefficient (Wildman–Crippen LogP) is 5.86. The van der Waals surface area contributed by atoms with Gasteiger partial charge in [0.15, 0.2) is 0 Å². The Morgan fingerprint density at radius 2 is 2.06 bits per heavy atom. The van der Waals surface area contributed by atoms with Gasteiger partial charge in [0.05, 0.1) is 27.4 Å². The van der Waals surface area contributed by atoms with Gasteiger partial charge in [0.2, 0.25) is 12.3 Å². The maximum Gasteiger partial charge on any atom is 0.243 e. The normalized spacial score (nSPS) is 18.0. The molecule has 0 aliphatic heterocycles. The molecule has 2 amide bonds. The fourth-order valence-corrected chi connectivity index (χ4v) is 5.91. The van der Waals surface area contributed by atoms with Crippen molar-refractivity contribution in [2.75, 3.05) is 10.2 Å². The molecule has 0 spiro atoms. The van der Waals surface area contributed by atoms with Crippen molar-refractivity contribution in [3.63, 3.8) is 0 Å². The largest absolute Gasteiger partial charge is 0.376 e. The molecule has 33 heavy (non-hydrogen) atoms. The molecular weight excluding hydrogens is 456 g/mol. The first-order valence-electron chi connectivity index (χ1n) is 12.0. The second-order valence-electron chi connectivity index (χ2n) is 9.27. The van der Waals surface area contributed by atoms with Gasteiger partial charge in [-0.05, 0) is 56.7 Å². The van der Waals surface area contributed by atoms with E-state index in [2.05, 4.69) is 28.6 Å². The zero-order chi connectivity index (χ0) is 23.4. The lowest BCUT2D eigenvalue weighted by Crippen LogP contribution is -2.48. The summed E-state index contributed by atoms with van der Waals surface area (Å²) in [6, 6.07) is 5.79. The van der Waals surface area contributed by atoms with Crippen LogP contribution in [0.3, 0.4) is 0 Å². The van der Waals surface area contributed by atoms with Gasteiger partial charge < -0.3 is 10.6 Å². The van der Waals surface area contributed by atoms with Crippen LogP contribution >= 0.6 is 22.9 Å². The van der Waals surface area contributed by atoms with E-state index in [0.29, 0.717) is 10.9 Å². The van der Waals surface area contributed by atoms with E-state index in [4.69, 9.17) is 11.6 Å². The molecule has 178 valence electrons. The van der Waals surface area contributed by atoms with E-state index < -0.39 is 6.04 Å². The van der Waals surface area contributed by atoms with Gasteiger partial charge in [-0.2, -0.15) is 0 Å². The summed E-state index contributed by atoms with van der Waals surface area (Å²) in [7, 11) is 0. The van der Waals surface area contributed by atoms with Crippen molar-refractivity contribution in [3.8, 4) is 0 Å². The average Bonchev–Trinajstić information content (AvgIpc) is 3.25. The number of amides is 2. The highest BCUT2D eigenvalue weighted by atomic mass is 35.5. The van der Waals surface area contributed by atoms with E-state index in [1.807, 2.05) is 19.1 Å². The highest BCUT2D eigenvalue weighted by Gasteiger charge is 2.34. The Bertz CT molecular complexity index is 971. The van der Waals surface area contributed by atoms with Crippen LogP contribution in [0.5, 0.6) is 0 Å². The molecule has 2 N–H and O–H groups in total. The molecule has 2 aliphatic carbocycles. The fraction of sp³-hybridized carbons (Fsp3) is 0.560. The van der Waals surface area contributed by atoms with Crippen LogP contribution in [0.25, 0.3) is 0 Å².